The van der Waals surface area contributed by atoms with Gasteiger partial charge in [0.15, 0.2) is 5.96 Å². The number of ether oxygens (including phenoxy) is 1. The third kappa shape index (κ3) is 6.84. The van der Waals surface area contributed by atoms with Crippen molar-refractivity contribution in [3.05, 3.63) is 40.7 Å². The first-order chi connectivity index (χ1) is 10.8. The number of rotatable bonds is 7. The van der Waals surface area contributed by atoms with Crippen molar-refractivity contribution in [1.29, 1.82) is 0 Å². The zero-order valence-electron chi connectivity index (χ0n) is 13.4. The Balaban J connectivity index is 0.00000264. The molecule has 1 aromatic heterocycles. The average Bonchev–Trinajstić information content (AvgIpc) is 3.04. The second-order valence-electron chi connectivity index (χ2n) is 4.69. The number of nitrogens with one attached hydrogen (secondary N) is 2. The summed E-state index contributed by atoms with van der Waals surface area (Å²) in [6.07, 6.45) is 0.951. The summed E-state index contributed by atoms with van der Waals surface area (Å²) in [7, 11) is 3.47. The molecule has 0 saturated heterocycles. The van der Waals surface area contributed by atoms with Crippen molar-refractivity contribution in [3.8, 4) is 11.3 Å². The summed E-state index contributed by atoms with van der Waals surface area (Å²) in [4.78, 5) is 8.85. The number of benzene rings is 1. The molecule has 0 fully saturated rings. The molecule has 0 radical (unpaired) electrons. The average molecular weight is 446 g/mol. The molecular weight excluding hydrogens is 423 g/mol. The quantitative estimate of drug-likeness (QED) is 0.297. The van der Waals surface area contributed by atoms with E-state index in [1.54, 1.807) is 25.5 Å². The van der Waals surface area contributed by atoms with Crippen molar-refractivity contribution in [2.75, 3.05) is 27.3 Å². The minimum absolute atomic E-state index is 0. The first kappa shape index (κ1) is 19.9. The number of aromatic nitrogens is 1. The van der Waals surface area contributed by atoms with Gasteiger partial charge in [0.25, 0.3) is 0 Å². The third-order valence-electron chi connectivity index (χ3n) is 3.07. The molecule has 5 nitrogen and oxygen atoms in total. The standard InChI is InChI=1S/C16H22N4OS.HI/c1-17-16(18-9-6-10-21-2)19-11-15-20-14(12-22-15)13-7-4-3-5-8-13;/h3-5,7-8,12H,6,9-11H2,1-2H3,(H2,17,18,19);1H. The van der Waals surface area contributed by atoms with Gasteiger partial charge in [0.05, 0.1) is 12.2 Å². The summed E-state index contributed by atoms with van der Waals surface area (Å²) in [5, 5.41) is 9.65. The van der Waals surface area contributed by atoms with E-state index < -0.39 is 0 Å². The number of aliphatic imine (C=N–C) groups is 1. The van der Waals surface area contributed by atoms with Crippen LogP contribution in [0.15, 0.2) is 40.7 Å². The molecule has 2 rings (SSSR count). The molecule has 0 aliphatic rings. The highest BCUT2D eigenvalue weighted by Gasteiger charge is 2.05. The van der Waals surface area contributed by atoms with E-state index in [0.29, 0.717) is 6.54 Å². The van der Waals surface area contributed by atoms with Gasteiger partial charge in [-0.3, -0.25) is 4.99 Å². The summed E-state index contributed by atoms with van der Waals surface area (Å²) in [6, 6.07) is 10.2. The van der Waals surface area contributed by atoms with Gasteiger partial charge in [0, 0.05) is 38.3 Å². The molecule has 1 heterocycles. The molecule has 0 atom stereocenters. The van der Waals surface area contributed by atoms with E-state index in [2.05, 4.69) is 38.1 Å². The number of hydrogen-bond donors (Lipinski definition) is 2. The molecule has 0 unspecified atom stereocenters. The summed E-state index contributed by atoms with van der Waals surface area (Å²) in [5.74, 6) is 0.785. The summed E-state index contributed by atoms with van der Waals surface area (Å²) in [5.41, 5.74) is 2.16. The molecule has 0 spiro atoms. The van der Waals surface area contributed by atoms with Gasteiger partial charge in [-0.1, -0.05) is 30.3 Å². The van der Waals surface area contributed by atoms with Crippen LogP contribution in [-0.2, 0) is 11.3 Å². The maximum atomic E-state index is 5.02. The van der Waals surface area contributed by atoms with Crippen LogP contribution < -0.4 is 10.6 Å². The van der Waals surface area contributed by atoms with Gasteiger partial charge in [-0.05, 0) is 6.42 Å². The molecule has 7 heteroatoms. The van der Waals surface area contributed by atoms with Crippen molar-refractivity contribution < 1.29 is 4.74 Å². The number of nitrogens with zero attached hydrogens (tertiary/aromatic N) is 2. The first-order valence-corrected chi connectivity index (χ1v) is 8.14. The van der Waals surface area contributed by atoms with Crippen LogP contribution in [0.25, 0.3) is 11.3 Å². The lowest BCUT2D eigenvalue weighted by Gasteiger charge is -2.10. The lowest BCUT2D eigenvalue weighted by atomic mass is 10.2. The SMILES string of the molecule is CN=C(NCCCOC)NCc1nc(-c2ccccc2)cs1.I. The molecule has 2 aromatic rings. The second-order valence-corrected chi connectivity index (χ2v) is 5.63. The monoisotopic (exact) mass is 446 g/mol. The molecule has 0 aliphatic heterocycles. The van der Waals surface area contributed by atoms with Gasteiger partial charge in [0.1, 0.15) is 5.01 Å². The van der Waals surface area contributed by atoms with Crippen LogP contribution in [0.1, 0.15) is 11.4 Å². The second kappa shape index (κ2) is 11.4. The van der Waals surface area contributed by atoms with Gasteiger partial charge < -0.3 is 15.4 Å². The normalized spacial score (nSPS) is 11.0. The highest BCUT2D eigenvalue weighted by atomic mass is 127. The highest BCUT2D eigenvalue weighted by Crippen LogP contribution is 2.21. The lowest BCUT2D eigenvalue weighted by molar-refractivity contribution is 0.195. The fourth-order valence-corrected chi connectivity index (χ4v) is 2.68. The molecule has 1 aromatic carbocycles. The Hall–Kier alpha value is -1.19. The fourth-order valence-electron chi connectivity index (χ4n) is 1.94. The Morgan fingerprint density at radius 1 is 1.26 bits per heavy atom. The van der Waals surface area contributed by atoms with Crippen molar-refractivity contribution in [2.24, 2.45) is 4.99 Å². The molecule has 0 bridgehead atoms. The van der Waals surface area contributed by atoms with E-state index in [9.17, 15) is 0 Å². The number of thiazole rings is 1. The van der Waals surface area contributed by atoms with E-state index in [-0.39, 0.29) is 24.0 Å². The van der Waals surface area contributed by atoms with Crippen molar-refractivity contribution in [1.82, 2.24) is 15.6 Å². The molecule has 2 N–H and O–H groups in total. The van der Waals surface area contributed by atoms with Crippen LogP contribution in [-0.4, -0.2) is 38.3 Å². The lowest BCUT2D eigenvalue weighted by Crippen LogP contribution is -2.37. The molecule has 23 heavy (non-hydrogen) atoms. The number of hydrogen-bond acceptors (Lipinski definition) is 4. The maximum absolute atomic E-state index is 5.02. The highest BCUT2D eigenvalue weighted by molar-refractivity contribution is 14.0. The largest absolute Gasteiger partial charge is 0.385 e. The Labute approximate surface area is 158 Å². The number of guanidine groups is 1. The van der Waals surface area contributed by atoms with Crippen LogP contribution in [0.2, 0.25) is 0 Å². The zero-order valence-corrected chi connectivity index (χ0v) is 16.6. The van der Waals surface area contributed by atoms with Crippen LogP contribution in [0.5, 0.6) is 0 Å². The minimum Gasteiger partial charge on any atom is -0.385 e. The Bertz CT molecular complexity index is 589. The maximum Gasteiger partial charge on any atom is 0.191 e. The van der Waals surface area contributed by atoms with Crippen molar-refractivity contribution in [2.45, 2.75) is 13.0 Å². The summed E-state index contributed by atoms with van der Waals surface area (Å²) in [6.45, 7) is 2.25. The van der Waals surface area contributed by atoms with E-state index in [4.69, 9.17) is 4.74 Å². The fraction of sp³-hybridized carbons (Fsp3) is 0.375. The van der Waals surface area contributed by atoms with Gasteiger partial charge in [-0.2, -0.15) is 0 Å². The Morgan fingerprint density at radius 3 is 2.74 bits per heavy atom. The number of halogens is 1. The van der Waals surface area contributed by atoms with Crippen molar-refractivity contribution >= 4 is 41.3 Å². The molecule has 0 saturated carbocycles. The van der Waals surface area contributed by atoms with Gasteiger partial charge >= 0.3 is 0 Å². The smallest absolute Gasteiger partial charge is 0.191 e. The van der Waals surface area contributed by atoms with Crippen LogP contribution in [0, 0.1) is 0 Å². The van der Waals surface area contributed by atoms with Crippen LogP contribution >= 0.6 is 35.3 Å². The predicted octanol–water partition coefficient (Wildman–Crippen LogP) is 3.13. The summed E-state index contributed by atoms with van der Waals surface area (Å²) >= 11 is 1.65. The third-order valence-corrected chi connectivity index (χ3v) is 3.92. The molecular formula is C16H23IN4OS. The summed E-state index contributed by atoms with van der Waals surface area (Å²) < 4.78 is 5.02. The van der Waals surface area contributed by atoms with Gasteiger partial charge in [-0.25, -0.2) is 4.98 Å². The van der Waals surface area contributed by atoms with Crippen LogP contribution in [0.4, 0.5) is 0 Å². The molecule has 0 amide bonds. The topological polar surface area (TPSA) is 58.5 Å². The van der Waals surface area contributed by atoms with Crippen molar-refractivity contribution in [3.63, 3.8) is 0 Å². The van der Waals surface area contributed by atoms with Gasteiger partial charge in [-0.15, -0.1) is 35.3 Å². The Morgan fingerprint density at radius 2 is 2.04 bits per heavy atom. The van der Waals surface area contributed by atoms with Crippen LogP contribution in [0.3, 0.4) is 0 Å². The van der Waals surface area contributed by atoms with Gasteiger partial charge in [0.2, 0.25) is 0 Å². The zero-order chi connectivity index (χ0) is 15.6. The van der Waals surface area contributed by atoms with E-state index in [1.807, 2.05) is 18.2 Å². The number of methoxy groups -OCH3 is 1. The van der Waals surface area contributed by atoms with E-state index in [1.165, 1.54) is 0 Å². The minimum atomic E-state index is 0. The predicted molar refractivity (Wildman–Crippen MR) is 108 cm³/mol. The first-order valence-electron chi connectivity index (χ1n) is 7.26. The van der Waals surface area contributed by atoms with E-state index in [0.717, 1.165) is 41.8 Å². The Kier molecular flexibility index (Phi) is 9.81. The molecule has 0 aliphatic carbocycles. The van der Waals surface area contributed by atoms with E-state index >= 15 is 0 Å². The molecule has 126 valence electrons.